The maximum absolute atomic E-state index is 4.34. The van der Waals surface area contributed by atoms with E-state index >= 15 is 0 Å². The summed E-state index contributed by atoms with van der Waals surface area (Å²) >= 11 is 0. The summed E-state index contributed by atoms with van der Waals surface area (Å²) in [7, 11) is 2.08. The minimum Gasteiger partial charge on any atom is -0.332 e. The molecule has 3 heteroatoms. The summed E-state index contributed by atoms with van der Waals surface area (Å²) in [5.41, 5.74) is 1.41. The van der Waals surface area contributed by atoms with E-state index < -0.39 is 0 Å². The zero-order chi connectivity index (χ0) is 12.3. The second-order valence-corrected chi connectivity index (χ2v) is 5.68. The zero-order valence-corrected chi connectivity index (χ0v) is 11.3. The van der Waals surface area contributed by atoms with Gasteiger partial charge in [0.25, 0.3) is 0 Å². The molecule has 1 saturated carbocycles. The lowest BCUT2D eigenvalue weighted by atomic mass is 9.91. The summed E-state index contributed by atoms with van der Waals surface area (Å²) in [5, 5.41) is 3.39. The van der Waals surface area contributed by atoms with Crippen molar-refractivity contribution in [2.24, 2.45) is 5.92 Å². The van der Waals surface area contributed by atoms with Gasteiger partial charge in [0, 0.05) is 24.0 Å². The Morgan fingerprint density at radius 1 is 1.35 bits per heavy atom. The van der Waals surface area contributed by atoms with Crippen molar-refractivity contribution in [2.75, 3.05) is 7.05 Å². The van der Waals surface area contributed by atoms with Crippen molar-refractivity contribution in [1.82, 2.24) is 14.9 Å². The SMILES string of the molecule is CNC1CCC(n2cncc2CC(C)C)CC1. The van der Waals surface area contributed by atoms with Crippen LogP contribution in [0.25, 0.3) is 0 Å². The van der Waals surface area contributed by atoms with Gasteiger partial charge in [0.2, 0.25) is 0 Å². The van der Waals surface area contributed by atoms with Crippen LogP contribution in [0.4, 0.5) is 0 Å². The molecule has 1 aliphatic rings. The maximum Gasteiger partial charge on any atom is 0.0950 e. The molecule has 1 fully saturated rings. The van der Waals surface area contributed by atoms with Crippen molar-refractivity contribution in [3.05, 3.63) is 18.2 Å². The fourth-order valence-corrected chi connectivity index (χ4v) is 2.88. The fraction of sp³-hybridized carbons (Fsp3) is 0.786. The molecule has 1 heterocycles. The molecule has 96 valence electrons. The van der Waals surface area contributed by atoms with E-state index in [0.717, 1.165) is 12.5 Å². The average Bonchev–Trinajstić information content (AvgIpc) is 2.76. The van der Waals surface area contributed by atoms with Crippen LogP contribution in [0, 0.1) is 5.92 Å². The first kappa shape index (κ1) is 12.6. The third kappa shape index (κ3) is 3.09. The minimum atomic E-state index is 0.677. The number of imidazole rings is 1. The monoisotopic (exact) mass is 235 g/mol. The summed E-state index contributed by atoms with van der Waals surface area (Å²) < 4.78 is 2.42. The van der Waals surface area contributed by atoms with E-state index in [0.29, 0.717) is 12.0 Å². The van der Waals surface area contributed by atoms with Crippen LogP contribution in [0.2, 0.25) is 0 Å². The molecule has 1 aliphatic carbocycles. The van der Waals surface area contributed by atoms with Gasteiger partial charge in [-0.25, -0.2) is 4.98 Å². The molecule has 0 bridgehead atoms. The average molecular weight is 235 g/mol. The lowest BCUT2D eigenvalue weighted by Gasteiger charge is -2.30. The molecular formula is C14H25N3. The van der Waals surface area contributed by atoms with Crippen LogP contribution < -0.4 is 5.32 Å². The van der Waals surface area contributed by atoms with Gasteiger partial charge >= 0.3 is 0 Å². The number of rotatable bonds is 4. The predicted octanol–water partition coefficient (Wildman–Crippen LogP) is 2.78. The molecule has 2 rings (SSSR count). The van der Waals surface area contributed by atoms with Gasteiger partial charge in [0.05, 0.1) is 6.33 Å². The quantitative estimate of drug-likeness (QED) is 0.869. The Kier molecular flexibility index (Phi) is 4.21. The largest absolute Gasteiger partial charge is 0.332 e. The van der Waals surface area contributed by atoms with Crippen molar-refractivity contribution in [2.45, 2.75) is 58.0 Å². The van der Waals surface area contributed by atoms with Crippen LogP contribution in [0.5, 0.6) is 0 Å². The number of aromatic nitrogens is 2. The van der Waals surface area contributed by atoms with Crippen molar-refractivity contribution < 1.29 is 0 Å². The topological polar surface area (TPSA) is 29.9 Å². The molecule has 1 N–H and O–H groups in total. The second kappa shape index (κ2) is 5.67. The Labute approximate surface area is 105 Å². The first-order chi connectivity index (χ1) is 8.20. The van der Waals surface area contributed by atoms with E-state index in [2.05, 4.69) is 35.8 Å². The first-order valence-electron chi connectivity index (χ1n) is 6.88. The molecule has 1 aromatic rings. The molecule has 17 heavy (non-hydrogen) atoms. The van der Waals surface area contributed by atoms with Gasteiger partial charge in [0.15, 0.2) is 0 Å². The molecule has 0 unspecified atom stereocenters. The lowest BCUT2D eigenvalue weighted by Crippen LogP contribution is -2.31. The highest BCUT2D eigenvalue weighted by atomic mass is 15.1. The number of hydrogen-bond acceptors (Lipinski definition) is 2. The zero-order valence-electron chi connectivity index (χ0n) is 11.3. The maximum atomic E-state index is 4.34. The summed E-state index contributed by atoms with van der Waals surface area (Å²) in [6.07, 6.45) is 10.4. The smallest absolute Gasteiger partial charge is 0.0950 e. The third-order valence-electron chi connectivity index (χ3n) is 3.86. The molecule has 1 aromatic heterocycles. The van der Waals surface area contributed by atoms with Gasteiger partial charge in [-0.3, -0.25) is 0 Å². The van der Waals surface area contributed by atoms with Crippen LogP contribution in [-0.2, 0) is 6.42 Å². The molecule has 0 saturated heterocycles. The van der Waals surface area contributed by atoms with Crippen LogP contribution in [0.15, 0.2) is 12.5 Å². The van der Waals surface area contributed by atoms with Gasteiger partial charge in [-0.1, -0.05) is 13.8 Å². The highest BCUT2D eigenvalue weighted by molar-refractivity contribution is 5.02. The van der Waals surface area contributed by atoms with Crippen LogP contribution >= 0.6 is 0 Å². The molecule has 0 atom stereocenters. The molecule has 0 amide bonds. The number of nitrogens with one attached hydrogen (secondary N) is 1. The summed E-state index contributed by atoms with van der Waals surface area (Å²) in [6, 6.07) is 1.40. The standard InChI is InChI=1S/C14H25N3/c1-11(2)8-14-9-16-10-17(14)13-6-4-12(15-3)5-7-13/h9-13,15H,4-8H2,1-3H3. The Balaban J connectivity index is 2.00. The molecular weight excluding hydrogens is 210 g/mol. The molecule has 0 aromatic carbocycles. The van der Waals surface area contributed by atoms with Gasteiger partial charge in [-0.05, 0) is 45.1 Å². The third-order valence-corrected chi connectivity index (χ3v) is 3.86. The summed E-state index contributed by atoms with van der Waals surface area (Å²) in [5.74, 6) is 0.707. The number of nitrogens with zero attached hydrogens (tertiary/aromatic N) is 2. The Bertz CT molecular complexity index is 335. The van der Waals surface area contributed by atoms with E-state index in [9.17, 15) is 0 Å². The van der Waals surface area contributed by atoms with Crippen molar-refractivity contribution in [3.63, 3.8) is 0 Å². The summed E-state index contributed by atoms with van der Waals surface area (Å²) in [6.45, 7) is 4.55. The van der Waals surface area contributed by atoms with Crippen molar-refractivity contribution >= 4 is 0 Å². The van der Waals surface area contributed by atoms with E-state index in [1.54, 1.807) is 0 Å². The Morgan fingerprint density at radius 2 is 2.06 bits per heavy atom. The Morgan fingerprint density at radius 3 is 2.65 bits per heavy atom. The predicted molar refractivity (Wildman–Crippen MR) is 71.1 cm³/mol. The van der Waals surface area contributed by atoms with Crippen LogP contribution in [-0.4, -0.2) is 22.6 Å². The molecule has 0 radical (unpaired) electrons. The number of hydrogen-bond donors (Lipinski definition) is 1. The summed E-state index contributed by atoms with van der Waals surface area (Å²) in [4.78, 5) is 4.34. The van der Waals surface area contributed by atoms with E-state index in [1.807, 2.05) is 12.5 Å². The lowest BCUT2D eigenvalue weighted by molar-refractivity contribution is 0.295. The molecule has 0 aliphatic heterocycles. The van der Waals surface area contributed by atoms with Crippen molar-refractivity contribution in [3.8, 4) is 0 Å². The fourth-order valence-electron chi connectivity index (χ4n) is 2.88. The van der Waals surface area contributed by atoms with E-state index in [4.69, 9.17) is 0 Å². The van der Waals surface area contributed by atoms with Crippen molar-refractivity contribution in [1.29, 1.82) is 0 Å². The second-order valence-electron chi connectivity index (χ2n) is 5.68. The van der Waals surface area contributed by atoms with Gasteiger partial charge in [-0.15, -0.1) is 0 Å². The molecule has 0 spiro atoms. The van der Waals surface area contributed by atoms with E-state index in [1.165, 1.54) is 31.4 Å². The van der Waals surface area contributed by atoms with Gasteiger partial charge in [-0.2, -0.15) is 0 Å². The van der Waals surface area contributed by atoms with E-state index in [-0.39, 0.29) is 0 Å². The van der Waals surface area contributed by atoms with Gasteiger partial charge in [0.1, 0.15) is 0 Å². The van der Waals surface area contributed by atoms with Crippen LogP contribution in [0.3, 0.4) is 0 Å². The van der Waals surface area contributed by atoms with Crippen LogP contribution in [0.1, 0.15) is 51.3 Å². The van der Waals surface area contributed by atoms with Gasteiger partial charge < -0.3 is 9.88 Å². The normalized spacial score (nSPS) is 25.4. The minimum absolute atomic E-state index is 0.677. The molecule has 3 nitrogen and oxygen atoms in total. The highest BCUT2D eigenvalue weighted by Gasteiger charge is 2.22. The highest BCUT2D eigenvalue weighted by Crippen LogP contribution is 2.29. The first-order valence-corrected chi connectivity index (χ1v) is 6.88. The Hall–Kier alpha value is -0.830.